The fourth-order valence-corrected chi connectivity index (χ4v) is 3.96. The SMILES string of the molecule is C=CCn1c(SCc2cc(C(C)=O)ccc2OCC)nnc1-c1cccc(C)c1. The molecule has 0 amide bonds. The Kier molecular flexibility index (Phi) is 6.88. The third-order valence-electron chi connectivity index (χ3n) is 4.43. The Labute approximate surface area is 175 Å². The van der Waals surface area contributed by atoms with Crippen LogP contribution in [0.2, 0.25) is 0 Å². The minimum absolute atomic E-state index is 0.0378. The number of hydrogen-bond donors (Lipinski definition) is 0. The zero-order valence-corrected chi connectivity index (χ0v) is 17.8. The Morgan fingerprint density at radius 2 is 2.07 bits per heavy atom. The molecule has 6 heteroatoms. The van der Waals surface area contributed by atoms with Gasteiger partial charge < -0.3 is 4.74 Å². The summed E-state index contributed by atoms with van der Waals surface area (Å²) in [5.41, 5.74) is 3.85. The van der Waals surface area contributed by atoms with Crippen molar-refractivity contribution in [1.82, 2.24) is 14.8 Å². The van der Waals surface area contributed by atoms with E-state index in [0.717, 1.165) is 27.9 Å². The van der Waals surface area contributed by atoms with E-state index in [0.29, 0.717) is 24.5 Å². The lowest BCUT2D eigenvalue weighted by Crippen LogP contribution is -2.02. The third kappa shape index (κ3) is 4.95. The van der Waals surface area contributed by atoms with Crippen molar-refractivity contribution >= 4 is 17.5 Å². The lowest BCUT2D eigenvalue weighted by molar-refractivity contribution is 0.101. The average molecular weight is 408 g/mol. The van der Waals surface area contributed by atoms with Gasteiger partial charge in [0, 0.05) is 29.0 Å². The number of ketones is 1. The number of carbonyl (C=O) groups excluding carboxylic acids is 1. The molecule has 0 aliphatic heterocycles. The molecule has 1 heterocycles. The second-order valence-electron chi connectivity index (χ2n) is 6.68. The molecule has 0 radical (unpaired) electrons. The molecule has 0 unspecified atom stereocenters. The first kappa shape index (κ1) is 20.9. The van der Waals surface area contributed by atoms with Crippen molar-refractivity contribution in [3.8, 4) is 17.1 Å². The number of hydrogen-bond acceptors (Lipinski definition) is 5. The van der Waals surface area contributed by atoms with E-state index in [4.69, 9.17) is 4.74 Å². The molecule has 3 rings (SSSR count). The molecule has 0 spiro atoms. The highest BCUT2D eigenvalue weighted by Crippen LogP contribution is 2.31. The summed E-state index contributed by atoms with van der Waals surface area (Å²) in [5.74, 6) is 2.27. The Morgan fingerprint density at radius 3 is 2.76 bits per heavy atom. The standard InChI is InChI=1S/C23H25N3O2S/c1-5-12-26-22(19-9-7-8-16(3)13-19)24-25-23(26)29-15-20-14-18(17(4)27)10-11-21(20)28-6-2/h5,7-11,13-14H,1,6,12,15H2,2-4H3. The van der Waals surface area contributed by atoms with Crippen molar-refractivity contribution in [3.63, 3.8) is 0 Å². The van der Waals surface area contributed by atoms with Gasteiger partial charge in [-0.3, -0.25) is 9.36 Å². The second-order valence-corrected chi connectivity index (χ2v) is 7.62. The van der Waals surface area contributed by atoms with Crippen molar-refractivity contribution < 1.29 is 9.53 Å². The number of ether oxygens (including phenoxy) is 1. The summed E-state index contributed by atoms with van der Waals surface area (Å²) >= 11 is 1.57. The van der Waals surface area contributed by atoms with Crippen LogP contribution in [0.4, 0.5) is 0 Å². The largest absolute Gasteiger partial charge is 0.494 e. The van der Waals surface area contributed by atoms with Gasteiger partial charge in [-0.25, -0.2) is 0 Å². The lowest BCUT2D eigenvalue weighted by atomic mass is 10.1. The summed E-state index contributed by atoms with van der Waals surface area (Å²) in [5, 5.41) is 9.63. The number of allylic oxidation sites excluding steroid dienone is 1. The summed E-state index contributed by atoms with van der Waals surface area (Å²) in [6.45, 7) is 10.6. The van der Waals surface area contributed by atoms with Crippen LogP contribution in [-0.4, -0.2) is 27.2 Å². The lowest BCUT2D eigenvalue weighted by Gasteiger charge is -2.12. The van der Waals surface area contributed by atoms with Crippen molar-refractivity contribution in [2.45, 2.75) is 38.2 Å². The Balaban J connectivity index is 1.90. The number of nitrogens with zero attached hydrogens (tertiary/aromatic N) is 3. The molecule has 0 bridgehead atoms. The Hall–Kier alpha value is -2.86. The molecule has 29 heavy (non-hydrogen) atoms. The molecule has 0 saturated heterocycles. The summed E-state index contributed by atoms with van der Waals surface area (Å²) < 4.78 is 7.80. The Morgan fingerprint density at radius 1 is 1.24 bits per heavy atom. The minimum Gasteiger partial charge on any atom is -0.494 e. The highest BCUT2D eigenvalue weighted by Gasteiger charge is 2.15. The highest BCUT2D eigenvalue weighted by molar-refractivity contribution is 7.98. The van der Waals surface area contributed by atoms with Crippen LogP contribution >= 0.6 is 11.8 Å². The molecule has 0 aliphatic rings. The van der Waals surface area contributed by atoms with Crippen molar-refractivity contribution in [2.75, 3.05) is 6.61 Å². The van der Waals surface area contributed by atoms with E-state index in [9.17, 15) is 4.79 Å². The summed E-state index contributed by atoms with van der Waals surface area (Å²) in [6, 6.07) is 13.8. The first-order valence-corrected chi connectivity index (χ1v) is 10.5. The molecular formula is C23H25N3O2S. The first-order valence-electron chi connectivity index (χ1n) is 9.54. The highest BCUT2D eigenvalue weighted by atomic mass is 32.2. The first-order chi connectivity index (χ1) is 14.0. The fourth-order valence-electron chi connectivity index (χ4n) is 3.04. The fraction of sp³-hybridized carbons (Fsp3) is 0.261. The van der Waals surface area contributed by atoms with Crippen LogP contribution < -0.4 is 4.74 Å². The van der Waals surface area contributed by atoms with E-state index in [2.05, 4.69) is 40.4 Å². The topological polar surface area (TPSA) is 57.0 Å². The van der Waals surface area contributed by atoms with E-state index in [1.807, 2.05) is 37.3 Å². The van der Waals surface area contributed by atoms with Crippen LogP contribution in [0.15, 0.2) is 60.3 Å². The van der Waals surface area contributed by atoms with Gasteiger partial charge in [0.05, 0.1) is 6.61 Å². The maximum atomic E-state index is 11.8. The van der Waals surface area contributed by atoms with E-state index >= 15 is 0 Å². The maximum Gasteiger partial charge on any atom is 0.192 e. The number of benzene rings is 2. The molecule has 0 N–H and O–H groups in total. The summed E-state index contributed by atoms with van der Waals surface area (Å²) in [6.07, 6.45) is 1.84. The van der Waals surface area contributed by atoms with E-state index in [-0.39, 0.29) is 5.78 Å². The molecule has 0 atom stereocenters. The minimum atomic E-state index is 0.0378. The van der Waals surface area contributed by atoms with Gasteiger partial charge in [0.15, 0.2) is 16.8 Å². The molecular weight excluding hydrogens is 382 g/mol. The molecule has 0 fully saturated rings. The van der Waals surface area contributed by atoms with Crippen molar-refractivity contribution in [3.05, 3.63) is 71.8 Å². The zero-order valence-electron chi connectivity index (χ0n) is 17.0. The monoisotopic (exact) mass is 407 g/mol. The zero-order chi connectivity index (χ0) is 20.8. The number of Topliss-reactive ketones (excluding diaryl/α,β-unsaturated/α-hetero) is 1. The van der Waals surface area contributed by atoms with Crippen LogP contribution in [0.3, 0.4) is 0 Å². The maximum absolute atomic E-state index is 11.8. The molecule has 1 aromatic heterocycles. The molecule has 5 nitrogen and oxygen atoms in total. The Bertz CT molecular complexity index is 1030. The summed E-state index contributed by atoms with van der Waals surface area (Å²) in [4.78, 5) is 11.8. The number of thioether (sulfide) groups is 1. The number of aromatic nitrogens is 3. The second kappa shape index (κ2) is 9.56. The summed E-state index contributed by atoms with van der Waals surface area (Å²) in [7, 11) is 0. The number of carbonyl (C=O) groups is 1. The van der Waals surface area contributed by atoms with E-state index < -0.39 is 0 Å². The van der Waals surface area contributed by atoms with Crippen LogP contribution in [0.5, 0.6) is 5.75 Å². The van der Waals surface area contributed by atoms with Gasteiger partial charge in [0.25, 0.3) is 0 Å². The van der Waals surface area contributed by atoms with Crippen LogP contribution in [0.25, 0.3) is 11.4 Å². The predicted molar refractivity (Wildman–Crippen MR) is 118 cm³/mol. The molecule has 150 valence electrons. The van der Waals surface area contributed by atoms with E-state index in [1.54, 1.807) is 24.8 Å². The van der Waals surface area contributed by atoms with Gasteiger partial charge in [0.2, 0.25) is 0 Å². The molecule has 2 aromatic carbocycles. The van der Waals surface area contributed by atoms with E-state index in [1.165, 1.54) is 5.56 Å². The number of aryl methyl sites for hydroxylation is 1. The van der Waals surface area contributed by atoms with Crippen LogP contribution in [0.1, 0.15) is 35.3 Å². The van der Waals surface area contributed by atoms with Crippen molar-refractivity contribution in [2.24, 2.45) is 0 Å². The van der Waals surface area contributed by atoms with Gasteiger partial charge in [-0.15, -0.1) is 16.8 Å². The van der Waals surface area contributed by atoms with Crippen LogP contribution in [-0.2, 0) is 12.3 Å². The van der Waals surface area contributed by atoms with Gasteiger partial charge >= 0.3 is 0 Å². The third-order valence-corrected chi connectivity index (χ3v) is 5.44. The van der Waals surface area contributed by atoms with Crippen molar-refractivity contribution in [1.29, 1.82) is 0 Å². The molecule has 3 aromatic rings. The van der Waals surface area contributed by atoms with Gasteiger partial charge in [-0.05, 0) is 45.0 Å². The average Bonchev–Trinajstić information content (AvgIpc) is 3.10. The smallest absolute Gasteiger partial charge is 0.192 e. The van der Waals surface area contributed by atoms with Gasteiger partial charge in [-0.2, -0.15) is 0 Å². The van der Waals surface area contributed by atoms with Crippen LogP contribution in [0, 0.1) is 6.92 Å². The quantitative estimate of drug-likeness (QED) is 0.272. The normalized spacial score (nSPS) is 10.7. The molecule has 0 aliphatic carbocycles. The van der Waals surface area contributed by atoms with Gasteiger partial charge in [-0.1, -0.05) is 41.6 Å². The molecule has 0 saturated carbocycles. The van der Waals surface area contributed by atoms with Gasteiger partial charge in [0.1, 0.15) is 5.75 Å². The predicted octanol–water partition coefficient (Wildman–Crippen LogP) is 5.33. The number of rotatable bonds is 9.